The zero-order valence-corrected chi connectivity index (χ0v) is 13.1. The van der Waals surface area contributed by atoms with Crippen molar-refractivity contribution in [2.75, 3.05) is 5.32 Å². The number of carbonyl (C=O) groups is 2. The number of rotatable bonds is 6. The largest absolute Gasteiger partial charge is 0.481 e. The number of carboxylic acid groups (broad SMARTS) is 1. The van der Waals surface area contributed by atoms with Crippen molar-refractivity contribution in [3.05, 3.63) is 29.8 Å². The van der Waals surface area contributed by atoms with Crippen LogP contribution in [0.15, 0.2) is 24.3 Å². The lowest BCUT2D eigenvalue weighted by Crippen LogP contribution is -2.33. The van der Waals surface area contributed by atoms with E-state index >= 15 is 0 Å². The number of carboxylic acids is 1. The third-order valence-corrected chi connectivity index (χ3v) is 3.42. The molecular formula is C16H24N2O3. The van der Waals surface area contributed by atoms with Crippen LogP contribution in [0.3, 0.4) is 0 Å². The maximum Gasteiger partial charge on any atom is 0.313 e. The summed E-state index contributed by atoms with van der Waals surface area (Å²) in [5.41, 5.74) is 5.86. The molecule has 0 bridgehead atoms. The fourth-order valence-electron chi connectivity index (χ4n) is 1.75. The second-order valence-corrected chi connectivity index (χ2v) is 6.54. The van der Waals surface area contributed by atoms with E-state index in [1.165, 1.54) is 0 Å². The van der Waals surface area contributed by atoms with E-state index in [2.05, 4.69) is 5.32 Å². The van der Waals surface area contributed by atoms with E-state index in [0.717, 1.165) is 0 Å². The predicted molar refractivity (Wildman–Crippen MR) is 83.2 cm³/mol. The van der Waals surface area contributed by atoms with Gasteiger partial charge in [0.15, 0.2) is 0 Å². The van der Waals surface area contributed by atoms with Gasteiger partial charge in [-0.15, -0.1) is 0 Å². The monoisotopic (exact) mass is 292 g/mol. The second kappa shape index (κ2) is 6.26. The lowest BCUT2D eigenvalue weighted by atomic mass is 9.85. The molecule has 21 heavy (non-hydrogen) atoms. The van der Waals surface area contributed by atoms with Gasteiger partial charge in [-0.25, -0.2) is 0 Å². The number of nitrogens with one attached hydrogen (secondary N) is 1. The average molecular weight is 292 g/mol. The average Bonchev–Trinajstić information content (AvgIpc) is 2.36. The van der Waals surface area contributed by atoms with Crippen LogP contribution in [0.2, 0.25) is 0 Å². The van der Waals surface area contributed by atoms with Gasteiger partial charge < -0.3 is 16.2 Å². The zero-order valence-electron chi connectivity index (χ0n) is 13.1. The van der Waals surface area contributed by atoms with Crippen LogP contribution in [0.5, 0.6) is 0 Å². The lowest BCUT2D eigenvalue weighted by molar-refractivity contribution is -0.142. The third-order valence-electron chi connectivity index (χ3n) is 3.42. The van der Waals surface area contributed by atoms with Crippen LogP contribution in [0.1, 0.15) is 46.1 Å². The highest BCUT2D eigenvalue weighted by Gasteiger charge is 2.29. The van der Waals surface area contributed by atoms with E-state index in [9.17, 15) is 14.7 Å². The Morgan fingerprint density at radius 2 is 1.67 bits per heavy atom. The van der Waals surface area contributed by atoms with Crippen molar-refractivity contribution < 1.29 is 14.7 Å². The molecule has 0 aromatic heterocycles. The summed E-state index contributed by atoms with van der Waals surface area (Å²) in [4.78, 5) is 23.0. The molecule has 5 heteroatoms. The first kappa shape index (κ1) is 17.2. The molecule has 0 unspecified atom stereocenters. The lowest BCUT2D eigenvalue weighted by Gasteiger charge is -2.20. The minimum Gasteiger partial charge on any atom is -0.481 e. The number of benzene rings is 1. The zero-order chi connectivity index (χ0) is 16.3. The van der Waals surface area contributed by atoms with Crippen LogP contribution in [0.25, 0.3) is 0 Å². The van der Waals surface area contributed by atoms with Gasteiger partial charge >= 0.3 is 5.97 Å². The molecule has 1 amide bonds. The Morgan fingerprint density at radius 3 is 2.10 bits per heavy atom. The normalized spacial score (nSPS) is 12.0. The second-order valence-electron chi connectivity index (χ2n) is 6.54. The summed E-state index contributed by atoms with van der Waals surface area (Å²) in [6.07, 6.45) is 0.953. The van der Waals surface area contributed by atoms with Gasteiger partial charge in [0.25, 0.3) is 0 Å². The maximum absolute atomic E-state index is 11.8. The van der Waals surface area contributed by atoms with E-state index in [-0.39, 0.29) is 11.4 Å². The Kier molecular flexibility index (Phi) is 5.12. The molecule has 1 aromatic carbocycles. The minimum absolute atomic E-state index is 0.0984. The first-order valence-electron chi connectivity index (χ1n) is 6.95. The fraction of sp³-hybridized carbons (Fsp3) is 0.500. The highest BCUT2D eigenvalue weighted by atomic mass is 16.4. The molecule has 0 aliphatic rings. The van der Waals surface area contributed by atoms with Crippen molar-refractivity contribution >= 4 is 17.6 Å². The highest BCUT2D eigenvalue weighted by molar-refractivity contribution is 5.90. The van der Waals surface area contributed by atoms with Crippen LogP contribution in [0.4, 0.5) is 5.69 Å². The van der Waals surface area contributed by atoms with Crippen molar-refractivity contribution in [3.8, 4) is 0 Å². The first-order chi connectivity index (χ1) is 9.52. The van der Waals surface area contributed by atoms with Crippen molar-refractivity contribution in [1.29, 1.82) is 0 Å². The van der Waals surface area contributed by atoms with Gasteiger partial charge in [-0.05, 0) is 51.8 Å². The summed E-state index contributed by atoms with van der Waals surface area (Å²) in [5.74, 6) is -0.983. The number of nitrogens with two attached hydrogens (primary N) is 1. The van der Waals surface area contributed by atoms with Gasteiger partial charge in [-0.1, -0.05) is 12.1 Å². The molecule has 0 fully saturated rings. The van der Waals surface area contributed by atoms with E-state index in [1.54, 1.807) is 38.1 Å². The van der Waals surface area contributed by atoms with E-state index < -0.39 is 11.4 Å². The Labute approximate surface area is 125 Å². The summed E-state index contributed by atoms with van der Waals surface area (Å²) in [7, 11) is 0. The number of amides is 1. The van der Waals surface area contributed by atoms with Gasteiger partial charge in [-0.3, -0.25) is 9.59 Å². The van der Waals surface area contributed by atoms with Crippen LogP contribution in [0, 0.1) is 0 Å². The van der Waals surface area contributed by atoms with Gasteiger partial charge in [0, 0.05) is 17.6 Å². The van der Waals surface area contributed by atoms with Crippen molar-refractivity contribution in [2.45, 2.75) is 51.5 Å². The molecular weight excluding hydrogens is 268 g/mol. The van der Waals surface area contributed by atoms with Gasteiger partial charge in [0.2, 0.25) is 5.91 Å². The van der Waals surface area contributed by atoms with Crippen LogP contribution in [-0.4, -0.2) is 22.5 Å². The molecule has 0 aliphatic heterocycles. The molecule has 0 aliphatic carbocycles. The molecule has 4 N–H and O–H groups in total. The van der Waals surface area contributed by atoms with Crippen LogP contribution < -0.4 is 11.1 Å². The Morgan fingerprint density at radius 1 is 1.14 bits per heavy atom. The number of aliphatic carboxylic acids is 1. The molecule has 0 saturated carbocycles. The Balaban J connectivity index is 2.67. The Bertz CT molecular complexity index is 513. The first-order valence-corrected chi connectivity index (χ1v) is 6.95. The minimum atomic E-state index is -0.952. The molecule has 116 valence electrons. The van der Waals surface area contributed by atoms with Gasteiger partial charge in [0.1, 0.15) is 0 Å². The molecule has 1 rings (SSSR count). The summed E-state index contributed by atoms with van der Waals surface area (Å²) < 4.78 is 0. The molecule has 5 nitrogen and oxygen atoms in total. The molecule has 1 aromatic rings. The SMILES string of the molecule is CC(C)(N)CCC(=O)Nc1ccc(C(C)(C)C(=O)O)cc1. The quantitative estimate of drug-likeness (QED) is 0.751. The predicted octanol–water partition coefficient (Wildman–Crippen LogP) is 2.50. The molecule has 0 atom stereocenters. The van der Waals surface area contributed by atoms with Crippen molar-refractivity contribution in [3.63, 3.8) is 0 Å². The van der Waals surface area contributed by atoms with Crippen LogP contribution >= 0.6 is 0 Å². The smallest absolute Gasteiger partial charge is 0.313 e. The third kappa shape index (κ3) is 5.19. The fourth-order valence-corrected chi connectivity index (χ4v) is 1.75. The maximum atomic E-state index is 11.8. The highest BCUT2D eigenvalue weighted by Crippen LogP contribution is 2.24. The number of hydrogen-bond donors (Lipinski definition) is 3. The molecule has 0 saturated heterocycles. The summed E-state index contributed by atoms with van der Waals surface area (Å²) in [5, 5.41) is 12.0. The topological polar surface area (TPSA) is 92.4 Å². The molecule has 0 radical (unpaired) electrons. The summed E-state index contributed by atoms with van der Waals surface area (Å²) in [6.45, 7) is 7.05. The van der Waals surface area contributed by atoms with Gasteiger partial charge in [-0.2, -0.15) is 0 Å². The summed E-state index contributed by atoms with van der Waals surface area (Å²) >= 11 is 0. The number of hydrogen-bond acceptors (Lipinski definition) is 3. The summed E-state index contributed by atoms with van der Waals surface area (Å²) in [6, 6.07) is 6.87. The van der Waals surface area contributed by atoms with Gasteiger partial charge in [0.05, 0.1) is 5.41 Å². The van der Waals surface area contributed by atoms with E-state index in [4.69, 9.17) is 5.73 Å². The molecule has 0 heterocycles. The van der Waals surface area contributed by atoms with Crippen molar-refractivity contribution in [2.24, 2.45) is 5.73 Å². The standard InChI is InChI=1S/C16H24N2O3/c1-15(2,17)10-9-13(19)18-12-7-5-11(6-8-12)16(3,4)14(20)21/h5-8H,9-10,17H2,1-4H3,(H,18,19)(H,20,21). The van der Waals surface area contributed by atoms with Crippen molar-refractivity contribution in [1.82, 2.24) is 0 Å². The van der Waals surface area contributed by atoms with Crippen LogP contribution in [-0.2, 0) is 15.0 Å². The number of carbonyl (C=O) groups excluding carboxylic acids is 1. The van der Waals surface area contributed by atoms with E-state index in [0.29, 0.717) is 24.1 Å². The number of anilines is 1. The Hall–Kier alpha value is -1.88. The molecule has 0 spiro atoms. The van der Waals surface area contributed by atoms with E-state index in [1.807, 2.05) is 13.8 Å².